The van der Waals surface area contributed by atoms with Crippen molar-refractivity contribution in [3.05, 3.63) is 22.8 Å². The van der Waals surface area contributed by atoms with Gasteiger partial charge in [0, 0.05) is 18.8 Å². The molecule has 0 bridgehead atoms. The molecular formula is C15H23ClN2O. The second-order valence-corrected chi connectivity index (χ2v) is 6.13. The zero-order valence-electron chi connectivity index (χ0n) is 11.8. The molecule has 1 aromatic rings. The second kappa shape index (κ2) is 7.11. The first-order chi connectivity index (χ1) is 9.15. The van der Waals surface area contributed by atoms with E-state index in [0.717, 1.165) is 37.6 Å². The minimum Gasteiger partial charge on any atom is -0.478 e. The van der Waals surface area contributed by atoms with Crippen molar-refractivity contribution in [2.45, 2.75) is 39.7 Å². The third kappa shape index (κ3) is 5.37. The summed E-state index contributed by atoms with van der Waals surface area (Å²) in [6.07, 6.45) is 5.55. The van der Waals surface area contributed by atoms with E-state index in [1.54, 1.807) is 6.20 Å². The highest BCUT2D eigenvalue weighted by molar-refractivity contribution is 6.31. The predicted octanol–water partition coefficient (Wildman–Crippen LogP) is 3.66. The molecule has 1 aliphatic carbocycles. The van der Waals surface area contributed by atoms with E-state index in [2.05, 4.69) is 24.1 Å². The summed E-state index contributed by atoms with van der Waals surface area (Å²) in [4.78, 5) is 4.22. The molecule has 1 aromatic heterocycles. The largest absolute Gasteiger partial charge is 0.478 e. The zero-order valence-corrected chi connectivity index (χ0v) is 12.5. The molecule has 1 saturated carbocycles. The van der Waals surface area contributed by atoms with Crippen molar-refractivity contribution in [3.8, 4) is 5.88 Å². The zero-order chi connectivity index (χ0) is 13.7. The Kier molecular flexibility index (Phi) is 5.46. The molecule has 0 spiro atoms. The van der Waals surface area contributed by atoms with Gasteiger partial charge in [-0.15, -0.1) is 0 Å². The van der Waals surface area contributed by atoms with Gasteiger partial charge in [-0.1, -0.05) is 38.3 Å². The maximum absolute atomic E-state index is 6.15. The number of halogens is 1. The summed E-state index contributed by atoms with van der Waals surface area (Å²) < 4.78 is 5.68. The SMILES string of the molecule is CC(C)CNCc1cc(OCCC2CC2)ncc1Cl. The molecule has 0 saturated heterocycles. The minimum absolute atomic E-state index is 0.634. The molecule has 1 fully saturated rings. The molecule has 0 atom stereocenters. The molecule has 19 heavy (non-hydrogen) atoms. The Balaban J connectivity index is 1.82. The fourth-order valence-electron chi connectivity index (χ4n) is 1.91. The lowest BCUT2D eigenvalue weighted by Gasteiger charge is -2.10. The van der Waals surface area contributed by atoms with E-state index >= 15 is 0 Å². The smallest absolute Gasteiger partial charge is 0.213 e. The first-order valence-corrected chi connectivity index (χ1v) is 7.51. The van der Waals surface area contributed by atoms with E-state index < -0.39 is 0 Å². The van der Waals surface area contributed by atoms with Crippen molar-refractivity contribution < 1.29 is 4.74 Å². The fourth-order valence-corrected chi connectivity index (χ4v) is 2.08. The van der Waals surface area contributed by atoms with Crippen LogP contribution in [-0.2, 0) is 6.54 Å². The first-order valence-electron chi connectivity index (χ1n) is 7.13. The number of aromatic nitrogens is 1. The maximum atomic E-state index is 6.15. The molecule has 4 heteroatoms. The third-order valence-electron chi connectivity index (χ3n) is 3.25. The minimum atomic E-state index is 0.634. The lowest BCUT2D eigenvalue weighted by atomic mass is 10.2. The highest BCUT2D eigenvalue weighted by Crippen LogP contribution is 2.32. The highest BCUT2D eigenvalue weighted by Gasteiger charge is 2.20. The van der Waals surface area contributed by atoms with Gasteiger partial charge in [-0.05, 0) is 30.4 Å². The quantitative estimate of drug-likeness (QED) is 0.790. The van der Waals surface area contributed by atoms with Crippen LogP contribution < -0.4 is 10.1 Å². The summed E-state index contributed by atoms with van der Waals surface area (Å²) in [5.74, 6) is 2.21. The Morgan fingerprint density at radius 2 is 2.26 bits per heavy atom. The van der Waals surface area contributed by atoms with Gasteiger partial charge in [0.1, 0.15) is 0 Å². The van der Waals surface area contributed by atoms with Gasteiger partial charge in [-0.25, -0.2) is 4.98 Å². The van der Waals surface area contributed by atoms with E-state index in [1.807, 2.05) is 6.07 Å². The molecule has 0 aromatic carbocycles. The predicted molar refractivity (Wildman–Crippen MR) is 78.6 cm³/mol. The van der Waals surface area contributed by atoms with Crippen LogP contribution in [0.3, 0.4) is 0 Å². The average Bonchev–Trinajstić information content (AvgIpc) is 3.16. The Hall–Kier alpha value is -0.800. The van der Waals surface area contributed by atoms with Crippen molar-refractivity contribution in [1.82, 2.24) is 10.3 Å². The summed E-state index contributed by atoms with van der Waals surface area (Å²) in [5, 5.41) is 4.09. The fraction of sp³-hybridized carbons (Fsp3) is 0.667. The lowest BCUT2D eigenvalue weighted by Crippen LogP contribution is -2.19. The normalized spacial score (nSPS) is 14.9. The van der Waals surface area contributed by atoms with Crippen LogP contribution >= 0.6 is 11.6 Å². The van der Waals surface area contributed by atoms with Crippen molar-refractivity contribution in [3.63, 3.8) is 0 Å². The monoisotopic (exact) mass is 282 g/mol. The topological polar surface area (TPSA) is 34.1 Å². The molecular weight excluding hydrogens is 260 g/mol. The number of rotatable bonds is 8. The van der Waals surface area contributed by atoms with E-state index in [-0.39, 0.29) is 0 Å². The number of ether oxygens (including phenoxy) is 1. The Bertz CT molecular complexity index is 405. The van der Waals surface area contributed by atoms with Crippen LogP contribution in [0.4, 0.5) is 0 Å². The van der Waals surface area contributed by atoms with Gasteiger partial charge in [0.15, 0.2) is 0 Å². The molecule has 1 N–H and O–H groups in total. The third-order valence-corrected chi connectivity index (χ3v) is 3.59. The van der Waals surface area contributed by atoms with Crippen LogP contribution in [0.1, 0.15) is 38.7 Å². The van der Waals surface area contributed by atoms with Crippen LogP contribution in [0, 0.1) is 11.8 Å². The van der Waals surface area contributed by atoms with Gasteiger partial charge in [0.25, 0.3) is 0 Å². The van der Waals surface area contributed by atoms with Crippen molar-refractivity contribution in [2.75, 3.05) is 13.2 Å². The van der Waals surface area contributed by atoms with Crippen molar-refractivity contribution in [2.24, 2.45) is 11.8 Å². The Labute approximate surface area is 120 Å². The molecule has 0 radical (unpaired) electrons. The van der Waals surface area contributed by atoms with Gasteiger partial charge in [0.2, 0.25) is 5.88 Å². The maximum Gasteiger partial charge on any atom is 0.213 e. The molecule has 2 rings (SSSR count). The van der Waals surface area contributed by atoms with Gasteiger partial charge in [0.05, 0.1) is 11.6 Å². The Morgan fingerprint density at radius 3 is 2.95 bits per heavy atom. The van der Waals surface area contributed by atoms with E-state index in [4.69, 9.17) is 16.3 Å². The van der Waals surface area contributed by atoms with Crippen LogP contribution in [0.2, 0.25) is 5.02 Å². The number of nitrogens with zero attached hydrogens (tertiary/aromatic N) is 1. The molecule has 0 unspecified atom stereocenters. The van der Waals surface area contributed by atoms with Gasteiger partial charge in [-0.2, -0.15) is 0 Å². The summed E-state index contributed by atoms with van der Waals surface area (Å²) in [5.41, 5.74) is 1.05. The Morgan fingerprint density at radius 1 is 1.47 bits per heavy atom. The summed E-state index contributed by atoms with van der Waals surface area (Å²) in [6.45, 7) is 6.88. The molecule has 1 heterocycles. The molecule has 1 aliphatic rings. The van der Waals surface area contributed by atoms with E-state index in [9.17, 15) is 0 Å². The number of hydrogen-bond acceptors (Lipinski definition) is 3. The highest BCUT2D eigenvalue weighted by atomic mass is 35.5. The van der Waals surface area contributed by atoms with Crippen LogP contribution in [0.15, 0.2) is 12.3 Å². The molecule has 106 valence electrons. The van der Waals surface area contributed by atoms with Crippen LogP contribution in [0.5, 0.6) is 5.88 Å². The average molecular weight is 283 g/mol. The summed E-state index contributed by atoms with van der Waals surface area (Å²) in [6, 6.07) is 1.95. The first kappa shape index (κ1) is 14.6. The molecule has 0 amide bonds. The summed E-state index contributed by atoms with van der Waals surface area (Å²) >= 11 is 6.15. The number of hydrogen-bond donors (Lipinski definition) is 1. The second-order valence-electron chi connectivity index (χ2n) is 5.72. The van der Waals surface area contributed by atoms with Gasteiger partial charge >= 0.3 is 0 Å². The van der Waals surface area contributed by atoms with E-state index in [1.165, 1.54) is 12.8 Å². The lowest BCUT2D eigenvalue weighted by molar-refractivity contribution is 0.291. The van der Waals surface area contributed by atoms with Crippen LogP contribution in [-0.4, -0.2) is 18.1 Å². The van der Waals surface area contributed by atoms with E-state index in [0.29, 0.717) is 16.8 Å². The van der Waals surface area contributed by atoms with Gasteiger partial charge in [-0.3, -0.25) is 0 Å². The van der Waals surface area contributed by atoms with Gasteiger partial charge < -0.3 is 10.1 Å². The van der Waals surface area contributed by atoms with Crippen LogP contribution in [0.25, 0.3) is 0 Å². The number of nitrogens with one attached hydrogen (secondary N) is 1. The number of pyridine rings is 1. The van der Waals surface area contributed by atoms with Crippen molar-refractivity contribution >= 4 is 11.6 Å². The summed E-state index contributed by atoms with van der Waals surface area (Å²) in [7, 11) is 0. The van der Waals surface area contributed by atoms with Crippen molar-refractivity contribution in [1.29, 1.82) is 0 Å². The molecule has 0 aliphatic heterocycles. The molecule has 3 nitrogen and oxygen atoms in total. The standard InChI is InChI=1S/C15H23ClN2O/c1-11(2)8-17-9-13-7-15(18-10-14(13)16)19-6-5-12-3-4-12/h7,10-12,17H,3-6,8-9H2,1-2H3.